The fourth-order valence-electron chi connectivity index (χ4n) is 1.63. The van der Waals surface area contributed by atoms with E-state index in [4.69, 9.17) is 5.73 Å². The molecule has 0 saturated carbocycles. The van der Waals surface area contributed by atoms with Crippen molar-refractivity contribution in [2.24, 2.45) is 0 Å². The van der Waals surface area contributed by atoms with Crippen LogP contribution in [0.4, 0.5) is 20.2 Å². The molecule has 0 spiro atoms. The highest BCUT2D eigenvalue weighted by Crippen LogP contribution is 2.23. The average Bonchev–Trinajstić information content (AvgIpc) is 2.39. The number of benzene rings is 2. The summed E-state index contributed by atoms with van der Waals surface area (Å²) in [5.74, 6) is -1.94. The first kappa shape index (κ1) is 14.5. The second kappa shape index (κ2) is 6.00. The van der Waals surface area contributed by atoms with E-state index in [-0.39, 0.29) is 16.6 Å². The lowest BCUT2D eigenvalue weighted by Gasteiger charge is -2.08. The third-order valence-electron chi connectivity index (χ3n) is 2.63. The number of nitrogen functional groups attached to an aromatic ring is 1. The first-order valence-electron chi connectivity index (χ1n) is 5.74. The molecule has 0 bridgehead atoms. The van der Waals surface area contributed by atoms with Gasteiger partial charge in [-0.25, -0.2) is 8.78 Å². The molecule has 0 saturated heterocycles. The van der Waals surface area contributed by atoms with Crippen molar-refractivity contribution in [1.29, 1.82) is 0 Å². The van der Waals surface area contributed by atoms with Gasteiger partial charge in [0.15, 0.2) is 0 Å². The van der Waals surface area contributed by atoms with Gasteiger partial charge in [-0.05, 0) is 39.7 Å². The lowest BCUT2D eigenvalue weighted by atomic mass is 10.1. The molecule has 2 aromatic carbocycles. The summed E-state index contributed by atoms with van der Waals surface area (Å²) in [6, 6.07) is 8.68. The van der Waals surface area contributed by atoms with Crippen LogP contribution < -0.4 is 11.1 Å². The molecule has 0 fully saturated rings. The smallest absolute Gasteiger partial charge is 0.228 e. The molecule has 20 heavy (non-hydrogen) atoms. The first-order valence-corrected chi connectivity index (χ1v) is 6.54. The van der Waals surface area contributed by atoms with Gasteiger partial charge in [-0.1, -0.05) is 12.1 Å². The number of carbonyl (C=O) groups is 1. The van der Waals surface area contributed by atoms with Gasteiger partial charge in [0.25, 0.3) is 0 Å². The fraction of sp³-hybridized carbons (Fsp3) is 0.0714. The van der Waals surface area contributed by atoms with E-state index in [1.165, 1.54) is 6.07 Å². The SMILES string of the molecule is Nc1ccc(CC(=O)Nc2cc(Br)c(F)cc2F)cc1. The van der Waals surface area contributed by atoms with Gasteiger partial charge >= 0.3 is 0 Å². The maximum Gasteiger partial charge on any atom is 0.228 e. The van der Waals surface area contributed by atoms with Crippen LogP contribution in [0.15, 0.2) is 40.9 Å². The molecule has 104 valence electrons. The summed E-state index contributed by atoms with van der Waals surface area (Å²) in [6.45, 7) is 0. The summed E-state index contributed by atoms with van der Waals surface area (Å²) in [5.41, 5.74) is 6.82. The lowest BCUT2D eigenvalue weighted by molar-refractivity contribution is -0.115. The van der Waals surface area contributed by atoms with Crippen LogP contribution >= 0.6 is 15.9 Å². The molecule has 0 aromatic heterocycles. The molecule has 6 heteroatoms. The second-order valence-electron chi connectivity index (χ2n) is 4.21. The van der Waals surface area contributed by atoms with Gasteiger partial charge in [-0.15, -0.1) is 0 Å². The van der Waals surface area contributed by atoms with Gasteiger partial charge in [0.05, 0.1) is 16.6 Å². The number of nitrogens with one attached hydrogen (secondary N) is 1. The predicted octanol–water partition coefficient (Wildman–Crippen LogP) is 3.49. The van der Waals surface area contributed by atoms with Crippen molar-refractivity contribution < 1.29 is 13.6 Å². The highest BCUT2D eigenvalue weighted by molar-refractivity contribution is 9.10. The quantitative estimate of drug-likeness (QED) is 0.663. The minimum Gasteiger partial charge on any atom is -0.399 e. The Kier molecular flexibility index (Phi) is 4.34. The number of nitrogens with two attached hydrogens (primary N) is 1. The van der Waals surface area contributed by atoms with Crippen molar-refractivity contribution in [2.75, 3.05) is 11.1 Å². The number of halogens is 3. The zero-order valence-electron chi connectivity index (χ0n) is 10.3. The van der Waals surface area contributed by atoms with Crippen molar-refractivity contribution in [3.63, 3.8) is 0 Å². The molecule has 2 rings (SSSR count). The van der Waals surface area contributed by atoms with Crippen LogP contribution in [0, 0.1) is 11.6 Å². The van der Waals surface area contributed by atoms with Gasteiger partial charge in [0, 0.05) is 11.8 Å². The Morgan fingerprint density at radius 2 is 1.80 bits per heavy atom. The molecule has 0 aliphatic carbocycles. The van der Waals surface area contributed by atoms with Crippen molar-refractivity contribution in [3.05, 3.63) is 58.1 Å². The molecule has 0 heterocycles. The number of rotatable bonds is 3. The Morgan fingerprint density at radius 1 is 1.15 bits per heavy atom. The van der Waals surface area contributed by atoms with E-state index in [0.29, 0.717) is 11.8 Å². The lowest BCUT2D eigenvalue weighted by Crippen LogP contribution is -2.15. The van der Waals surface area contributed by atoms with E-state index in [2.05, 4.69) is 21.2 Å². The Hall–Kier alpha value is -1.95. The summed E-state index contributed by atoms with van der Waals surface area (Å²) < 4.78 is 26.6. The monoisotopic (exact) mass is 340 g/mol. The maximum absolute atomic E-state index is 13.5. The molecule has 0 unspecified atom stereocenters. The Labute approximate surface area is 122 Å². The molecular formula is C14H11BrF2N2O. The molecule has 3 nitrogen and oxygen atoms in total. The van der Waals surface area contributed by atoms with E-state index in [1.807, 2.05) is 0 Å². The zero-order chi connectivity index (χ0) is 14.7. The normalized spacial score (nSPS) is 10.3. The largest absolute Gasteiger partial charge is 0.399 e. The third kappa shape index (κ3) is 3.54. The predicted molar refractivity (Wildman–Crippen MR) is 77.2 cm³/mol. The molecule has 2 aromatic rings. The molecule has 0 atom stereocenters. The average molecular weight is 341 g/mol. The van der Waals surface area contributed by atoms with Gasteiger partial charge in [0.2, 0.25) is 5.91 Å². The Morgan fingerprint density at radius 3 is 2.45 bits per heavy atom. The Balaban J connectivity index is 2.08. The van der Waals surface area contributed by atoms with E-state index in [1.54, 1.807) is 24.3 Å². The van der Waals surface area contributed by atoms with E-state index in [0.717, 1.165) is 5.56 Å². The van der Waals surface area contributed by atoms with Crippen LogP contribution in [-0.2, 0) is 11.2 Å². The standard InChI is InChI=1S/C14H11BrF2N2O/c15-10-6-13(12(17)7-11(10)16)19-14(20)5-8-1-3-9(18)4-2-8/h1-4,6-7H,5,18H2,(H,19,20). The number of carbonyl (C=O) groups excluding carboxylic acids is 1. The molecule has 1 amide bonds. The van der Waals surface area contributed by atoms with E-state index in [9.17, 15) is 13.6 Å². The topological polar surface area (TPSA) is 55.1 Å². The van der Waals surface area contributed by atoms with Crippen LogP contribution in [0.5, 0.6) is 0 Å². The van der Waals surface area contributed by atoms with Crippen molar-refractivity contribution in [1.82, 2.24) is 0 Å². The number of hydrogen-bond donors (Lipinski definition) is 2. The Bertz CT molecular complexity index is 644. The minimum absolute atomic E-state index is 0.0706. The number of hydrogen-bond acceptors (Lipinski definition) is 2. The van der Waals surface area contributed by atoms with Crippen LogP contribution in [0.2, 0.25) is 0 Å². The summed E-state index contributed by atoms with van der Waals surface area (Å²) in [5, 5.41) is 2.40. The summed E-state index contributed by atoms with van der Waals surface area (Å²) in [4.78, 5) is 11.8. The second-order valence-corrected chi connectivity index (χ2v) is 5.07. The highest BCUT2D eigenvalue weighted by Gasteiger charge is 2.11. The third-order valence-corrected chi connectivity index (χ3v) is 3.24. The molecule has 0 aliphatic heterocycles. The van der Waals surface area contributed by atoms with E-state index >= 15 is 0 Å². The van der Waals surface area contributed by atoms with Gasteiger partial charge in [0.1, 0.15) is 11.6 Å². The van der Waals surface area contributed by atoms with Crippen LogP contribution in [-0.4, -0.2) is 5.91 Å². The molecule has 0 radical (unpaired) electrons. The van der Waals surface area contributed by atoms with Gasteiger partial charge < -0.3 is 11.1 Å². The summed E-state index contributed by atoms with van der Waals surface area (Å²) in [6.07, 6.45) is 0.0781. The van der Waals surface area contributed by atoms with Crippen LogP contribution in [0.1, 0.15) is 5.56 Å². The van der Waals surface area contributed by atoms with Crippen LogP contribution in [0.3, 0.4) is 0 Å². The minimum atomic E-state index is -0.823. The maximum atomic E-state index is 13.5. The van der Waals surface area contributed by atoms with Crippen molar-refractivity contribution in [2.45, 2.75) is 6.42 Å². The molecule has 3 N–H and O–H groups in total. The van der Waals surface area contributed by atoms with Gasteiger partial charge in [-0.2, -0.15) is 0 Å². The summed E-state index contributed by atoms with van der Waals surface area (Å²) in [7, 11) is 0. The summed E-state index contributed by atoms with van der Waals surface area (Å²) >= 11 is 2.94. The van der Waals surface area contributed by atoms with Crippen LogP contribution in [0.25, 0.3) is 0 Å². The number of anilines is 2. The van der Waals surface area contributed by atoms with Crippen molar-refractivity contribution in [3.8, 4) is 0 Å². The zero-order valence-corrected chi connectivity index (χ0v) is 11.9. The highest BCUT2D eigenvalue weighted by atomic mass is 79.9. The fourth-order valence-corrected chi connectivity index (χ4v) is 1.98. The van der Waals surface area contributed by atoms with Crippen molar-refractivity contribution >= 4 is 33.2 Å². The molecular weight excluding hydrogens is 330 g/mol. The van der Waals surface area contributed by atoms with Gasteiger partial charge in [-0.3, -0.25) is 4.79 Å². The number of amides is 1. The first-order chi connectivity index (χ1) is 9.45. The molecule has 0 aliphatic rings. The van der Waals surface area contributed by atoms with E-state index < -0.39 is 17.5 Å².